The summed E-state index contributed by atoms with van der Waals surface area (Å²) in [6, 6.07) is 8.67. The summed E-state index contributed by atoms with van der Waals surface area (Å²) in [5.74, 6) is -0.421. The second kappa shape index (κ2) is 38.5. The van der Waals surface area contributed by atoms with E-state index in [0.717, 1.165) is 25.7 Å². The van der Waals surface area contributed by atoms with Gasteiger partial charge < -0.3 is 23.8 Å². The molecular formula is C47H90O7P2. The van der Waals surface area contributed by atoms with Gasteiger partial charge in [0, 0.05) is 19.4 Å². The van der Waals surface area contributed by atoms with Crippen molar-refractivity contribution in [2.75, 3.05) is 31.9 Å². The van der Waals surface area contributed by atoms with E-state index in [1.54, 1.807) is 24.3 Å². The molecule has 7 nitrogen and oxygen atoms in total. The minimum atomic E-state index is -4.56. The molecule has 0 spiro atoms. The van der Waals surface area contributed by atoms with Crippen molar-refractivity contribution in [2.24, 2.45) is 0 Å². The SMILES string of the molecule is CCCCCCCCCCCCCCCCCCOC[C@H](CC[P@@](=O)(CP(=O)(O)O)Oc1ccccc1)OCCCCCCCCCCCCCCCCCC. The van der Waals surface area contributed by atoms with E-state index in [4.69, 9.17) is 14.0 Å². The molecule has 1 rings (SSSR count). The van der Waals surface area contributed by atoms with E-state index in [2.05, 4.69) is 13.8 Å². The lowest BCUT2D eigenvalue weighted by atomic mass is 10.0. The standard InChI is InChI=1S/C47H90O7P2/c1-3-5-7-9-11-13-15-17-19-21-23-25-27-29-31-36-41-52-44-47(40-43-55(48,45-56(49,50)51)54-46-38-34-33-35-39-46)53-42-37-32-30-28-26-24-22-20-18-16-14-12-10-8-6-4-2/h33-35,38-39,47H,3-32,36-37,40-45H2,1-2H3,(H2,49,50,51)/t47-,55-/m0/s1. The fourth-order valence-electron chi connectivity index (χ4n) is 7.52. The Bertz CT molecular complexity index is 1050. The molecule has 0 amide bonds. The van der Waals surface area contributed by atoms with Crippen LogP contribution in [-0.4, -0.2) is 47.8 Å². The molecule has 2 N–H and O–H groups in total. The molecule has 0 aliphatic rings. The zero-order valence-corrected chi connectivity index (χ0v) is 38.5. The van der Waals surface area contributed by atoms with Crippen LogP contribution >= 0.6 is 15.0 Å². The minimum Gasteiger partial charge on any atom is -0.442 e. The number of ether oxygens (including phenoxy) is 2. The van der Waals surface area contributed by atoms with Crippen LogP contribution in [0.1, 0.15) is 226 Å². The fraction of sp³-hybridized carbons (Fsp3) is 0.872. The molecule has 0 unspecified atom stereocenters. The van der Waals surface area contributed by atoms with Gasteiger partial charge in [-0.3, -0.25) is 9.13 Å². The van der Waals surface area contributed by atoms with E-state index >= 15 is 0 Å². The van der Waals surface area contributed by atoms with Crippen LogP contribution in [0.3, 0.4) is 0 Å². The molecule has 0 heterocycles. The Balaban J connectivity index is 2.31. The number of hydrogen-bond donors (Lipinski definition) is 2. The summed E-state index contributed by atoms with van der Waals surface area (Å²) in [4.78, 5) is 19.5. The Morgan fingerprint density at radius 2 is 0.857 bits per heavy atom. The molecule has 1 aromatic rings. The fourth-order valence-corrected chi connectivity index (χ4v) is 11.8. The molecule has 2 atom stereocenters. The lowest BCUT2D eigenvalue weighted by molar-refractivity contribution is -0.0198. The van der Waals surface area contributed by atoms with E-state index in [0.29, 0.717) is 32.0 Å². The first-order valence-corrected chi connectivity index (χ1v) is 27.6. The van der Waals surface area contributed by atoms with Gasteiger partial charge in [-0.15, -0.1) is 0 Å². The second-order valence-corrected chi connectivity index (χ2v) is 21.4. The van der Waals surface area contributed by atoms with Crippen molar-refractivity contribution in [3.63, 3.8) is 0 Å². The van der Waals surface area contributed by atoms with Crippen LogP contribution in [-0.2, 0) is 18.6 Å². The number of unbranched alkanes of at least 4 members (excludes halogenated alkanes) is 30. The van der Waals surface area contributed by atoms with E-state index in [9.17, 15) is 18.9 Å². The van der Waals surface area contributed by atoms with Gasteiger partial charge in [-0.2, -0.15) is 0 Å². The van der Waals surface area contributed by atoms with Crippen LogP contribution in [0.15, 0.2) is 30.3 Å². The van der Waals surface area contributed by atoms with Crippen LogP contribution in [0.4, 0.5) is 0 Å². The maximum absolute atomic E-state index is 13.8. The highest BCUT2D eigenvalue weighted by Crippen LogP contribution is 2.58. The van der Waals surface area contributed by atoms with Gasteiger partial charge in [-0.1, -0.05) is 225 Å². The van der Waals surface area contributed by atoms with E-state index in [1.807, 2.05) is 6.07 Å². The predicted molar refractivity (Wildman–Crippen MR) is 241 cm³/mol. The highest BCUT2D eigenvalue weighted by Gasteiger charge is 2.34. The highest BCUT2D eigenvalue weighted by molar-refractivity contribution is 7.73. The minimum absolute atomic E-state index is 0.0268. The zero-order chi connectivity index (χ0) is 40.7. The lowest BCUT2D eigenvalue weighted by Crippen LogP contribution is -2.23. The Kier molecular flexibility index (Phi) is 36.7. The summed E-state index contributed by atoms with van der Waals surface area (Å²) in [6.45, 7) is 6.21. The molecule has 56 heavy (non-hydrogen) atoms. The van der Waals surface area contributed by atoms with E-state index in [1.165, 1.54) is 180 Å². The van der Waals surface area contributed by atoms with Gasteiger partial charge in [0.1, 0.15) is 11.7 Å². The third kappa shape index (κ3) is 36.4. The normalized spacial score (nSPS) is 13.6. The van der Waals surface area contributed by atoms with Gasteiger partial charge in [0.25, 0.3) is 7.37 Å². The molecule has 0 aliphatic heterocycles. The highest BCUT2D eigenvalue weighted by atomic mass is 31.2. The number of rotatable bonds is 44. The third-order valence-corrected chi connectivity index (χ3v) is 15.7. The smallest absolute Gasteiger partial charge is 0.336 e. The molecule has 0 saturated heterocycles. The average molecular weight is 829 g/mol. The predicted octanol–water partition coefficient (Wildman–Crippen LogP) is 15.8. The summed E-state index contributed by atoms with van der Waals surface area (Å²) in [6.07, 6.45) is 42.5. The van der Waals surface area contributed by atoms with E-state index in [-0.39, 0.29) is 12.3 Å². The van der Waals surface area contributed by atoms with Crippen molar-refractivity contribution in [3.05, 3.63) is 30.3 Å². The van der Waals surface area contributed by atoms with Crippen LogP contribution in [0.25, 0.3) is 0 Å². The first kappa shape index (κ1) is 53.3. The largest absolute Gasteiger partial charge is 0.442 e. The van der Waals surface area contributed by atoms with Crippen LogP contribution < -0.4 is 4.52 Å². The molecule has 330 valence electrons. The molecular weight excluding hydrogens is 738 g/mol. The molecule has 0 aliphatic carbocycles. The topological polar surface area (TPSA) is 102 Å². The van der Waals surface area contributed by atoms with Crippen molar-refractivity contribution in [2.45, 2.75) is 232 Å². The maximum atomic E-state index is 13.8. The summed E-state index contributed by atoms with van der Waals surface area (Å²) in [5.41, 5.74) is 0. The van der Waals surface area contributed by atoms with Crippen molar-refractivity contribution in [1.82, 2.24) is 0 Å². The van der Waals surface area contributed by atoms with Crippen molar-refractivity contribution in [3.8, 4) is 5.75 Å². The number of benzene rings is 1. The second-order valence-electron chi connectivity index (χ2n) is 16.7. The molecule has 0 aromatic heterocycles. The third-order valence-electron chi connectivity index (χ3n) is 11.0. The summed E-state index contributed by atoms with van der Waals surface area (Å²) >= 11 is 0. The number of hydrogen-bond acceptors (Lipinski definition) is 5. The Labute approximate surface area is 346 Å². The molecule has 0 fully saturated rings. The molecule has 0 bridgehead atoms. The van der Waals surface area contributed by atoms with Gasteiger partial charge >= 0.3 is 7.60 Å². The Morgan fingerprint density at radius 3 is 1.23 bits per heavy atom. The first-order valence-electron chi connectivity index (χ1n) is 23.8. The average Bonchev–Trinajstić information content (AvgIpc) is 3.17. The first-order chi connectivity index (χ1) is 27.3. The summed E-state index contributed by atoms with van der Waals surface area (Å²) in [7, 11) is -8.23. The van der Waals surface area contributed by atoms with Crippen molar-refractivity contribution < 1.29 is 32.9 Å². The van der Waals surface area contributed by atoms with Gasteiger partial charge in [0.15, 0.2) is 0 Å². The molecule has 0 saturated carbocycles. The summed E-state index contributed by atoms with van der Waals surface area (Å²) < 4.78 is 43.9. The van der Waals surface area contributed by atoms with Crippen LogP contribution in [0.5, 0.6) is 5.75 Å². The lowest BCUT2D eigenvalue weighted by Gasteiger charge is -2.23. The van der Waals surface area contributed by atoms with Gasteiger partial charge in [0.2, 0.25) is 0 Å². The molecule has 0 radical (unpaired) electrons. The van der Waals surface area contributed by atoms with Crippen molar-refractivity contribution in [1.29, 1.82) is 0 Å². The number of para-hydroxylation sites is 1. The van der Waals surface area contributed by atoms with Crippen molar-refractivity contribution >= 4 is 15.0 Å². The van der Waals surface area contributed by atoms with Crippen LogP contribution in [0, 0.1) is 0 Å². The van der Waals surface area contributed by atoms with E-state index < -0.39 is 20.9 Å². The Hall–Kier alpha value is -0.680. The van der Waals surface area contributed by atoms with Gasteiger partial charge in [-0.05, 0) is 31.4 Å². The quantitative estimate of drug-likeness (QED) is 0.0499. The maximum Gasteiger partial charge on any atom is 0.336 e. The van der Waals surface area contributed by atoms with Crippen LogP contribution in [0.2, 0.25) is 0 Å². The Morgan fingerprint density at radius 1 is 0.500 bits per heavy atom. The van der Waals surface area contributed by atoms with Gasteiger partial charge in [0.05, 0.1) is 12.7 Å². The summed E-state index contributed by atoms with van der Waals surface area (Å²) in [5, 5.41) is 0. The molecule has 9 heteroatoms. The zero-order valence-electron chi connectivity index (χ0n) is 36.7. The van der Waals surface area contributed by atoms with Gasteiger partial charge in [-0.25, -0.2) is 0 Å². The molecule has 1 aromatic carbocycles. The monoisotopic (exact) mass is 829 g/mol.